The Labute approximate surface area is 164 Å². The van der Waals surface area contributed by atoms with E-state index in [0.717, 1.165) is 31.0 Å². The molecule has 1 unspecified atom stereocenters. The van der Waals surface area contributed by atoms with Gasteiger partial charge in [0.05, 0.1) is 10.5 Å². The SMILES string of the molecule is CCC(C)CCC(=O)N1CCC(NS(=O)(=O)c2cccc(C(F)(F)F)c2)CC1. The van der Waals surface area contributed by atoms with Crippen molar-refractivity contribution in [2.75, 3.05) is 13.1 Å². The lowest BCUT2D eigenvalue weighted by Crippen LogP contribution is -2.46. The molecule has 5 nitrogen and oxygen atoms in total. The summed E-state index contributed by atoms with van der Waals surface area (Å²) >= 11 is 0. The Hall–Kier alpha value is -1.61. The molecule has 0 aromatic heterocycles. The molecular weight excluding hydrogens is 393 g/mol. The average Bonchev–Trinajstić information content (AvgIpc) is 2.65. The van der Waals surface area contributed by atoms with Crippen molar-refractivity contribution in [1.29, 1.82) is 0 Å². The van der Waals surface area contributed by atoms with Crippen LogP contribution in [-0.2, 0) is 21.0 Å². The van der Waals surface area contributed by atoms with E-state index in [1.165, 1.54) is 0 Å². The number of benzene rings is 1. The summed E-state index contributed by atoms with van der Waals surface area (Å²) in [7, 11) is -4.06. The zero-order valence-corrected chi connectivity index (χ0v) is 16.9. The molecule has 0 spiro atoms. The Kier molecular flexibility index (Phi) is 7.50. The van der Waals surface area contributed by atoms with Crippen molar-refractivity contribution in [2.24, 2.45) is 5.92 Å². The quantitative estimate of drug-likeness (QED) is 0.730. The summed E-state index contributed by atoms with van der Waals surface area (Å²) in [6, 6.07) is 3.29. The van der Waals surface area contributed by atoms with E-state index in [4.69, 9.17) is 0 Å². The maximum Gasteiger partial charge on any atom is 0.416 e. The topological polar surface area (TPSA) is 66.5 Å². The summed E-state index contributed by atoms with van der Waals surface area (Å²) in [5.74, 6) is 0.556. The highest BCUT2D eigenvalue weighted by atomic mass is 32.2. The number of halogens is 3. The summed E-state index contributed by atoms with van der Waals surface area (Å²) in [6.07, 6.45) is -1.40. The van der Waals surface area contributed by atoms with Crippen LogP contribution in [0.3, 0.4) is 0 Å². The van der Waals surface area contributed by atoms with Crippen LogP contribution < -0.4 is 4.72 Å². The highest BCUT2D eigenvalue weighted by molar-refractivity contribution is 7.89. The van der Waals surface area contributed by atoms with E-state index >= 15 is 0 Å². The number of carbonyl (C=O) groups is 1. The molecule has 1 N–H and O–H groups in total. The first-order valence-electron chi connectivity index (χ1n) is 9.50. The van der Waals surface area contributed by atoms with Gasteiger partial charge >= 0.3 is 6.18 Å². The molecule has 2 rings (SSSR count). The normalized spacial score (nSPS) is 17.5. The lowest BCUT2D eigenvalue weighted by atomic mass is 10.0. The van der Waals surface area contributed by atoms with Crippen LogP contribution in [0.1, 0.15) is 51.5 Å². The number of sulfonamides is 1. The second-order valence-electron chi connectivity index (χ2n) is 7.35. The number of amides is 1. The Morgan fingerprint density at radius 3 is 2.50 bits per heavy atom. The molecule has 1 heterocycles. The van der Waals surface area contributed by atoms with Crippen LogP contribution >= 0.6 is 0 Å². The Bertz CT molecular complexity index is 773. The maximum absolute atomic E-state index is 12.8. The molecule has 28 heavy (non-hydrogen) atoms. The van der Waals surface area contributed by atoms with Gasteiger partial charge in [-0.25, -0.2) is 13.1 Å². The van der Waals surface area contributed by atoms with E-state index in [9.17, 15) is 26.4 Å². The minimum absolute atomic E-state index is 0.0690. The highest BCUT2D eigenvalue weighted by Crippen LogP contribution is 2.30. The molecular formula is C19H27F3N2O3S. The van der Waals surface area contributed by atoms with Crippen LogP contribution in [0.25, 0.3) is 0 Å². The Morgan fingerprint density at radius 2 is 1.93 bits per heavy atom. The molecule has 1 aromatic carbocycles. The fourth-order valence-corrected chi connectivity index (χ4v) is 4.46. The first kappa shape index (κ1) is 22.7. The van der Waals surface area contributed by atoms with Gasteiger partial charge in [0.2, 0.25) is 15.9 Å². The van der Waals surface area contributed by atoms with Gasteiger partial charge in [0.1, 0.15) is 0 Å². The minimum Gasteiger partial charge on any atom is -0.343 e. The first-order chi connectivity index (χ1) is 13.0. The molecule has 1 amide bonds. The Balaban J connectivity index is 1.92. The maximum atomic E-state index is 12.8. The second-order valence-corrected chi connectivity index (χ2v) is 9.07. The van der Waals surface area contributed by atoms with Gasteiger partial charge in [-0.15, -0.1) is 0 Å². The Morgan fingerprint density at radius 1 is 1.29 bits per heavy atom. The van der Waals surface area contributed by atoms with Gasteiger partial charge < -0.3 is 4.90 Å². The molecule has 1 saturated heterocycles. The molecule has 0 aliphatic carbocycles. The average molecular weight is 420 g/mol. The van der Waals surface area contributed by atoms with Crippen LogP contribution in [0, 0.1) is 5.92 Å². The molecule has 1 fully saturated rings. The number of likely N-dealkylation sites (tertiary alicyclic amines) is 1. The van der Waals surface area contributed by atoms with Gasteiger partial charge in [0.15, 0.2) is 0 Å². The monoisotopic (exact) mass is 420 g/mol. The van der Waals surface area contributed by atoms with Gasteiger partial charge in [-0.2, -0.15) is 13.2 Å². The van der Waals surface area contributed by atoms with Crippen molar-refractivity contribution < 1.29 is 26.4 Å². The van der Waals surface area contributed by atoms with Crippen LogP contribution in [0.15, 0.2) is 29.2 Å². The second kappa shape index (κ2) is 9.26. The predicted octanol–water partition coefficient (Wildman–Crippen LogP) is 3.80. The zero-order valence-electron chi connectivity index (χ0n) is 16.1. The summed E-state index contributed by atoms with van der Waals surface area (Å²) < 4.78 is 65.8. The number of alkyl halides is 3. The standard InChI is InChI=1S/C19H27F3N2O3S/c1-3-14(2)7-8-18(25)24-11-9-16(10-12-24)23-28(26,27)17-6-4-5-15(13-17)19(20,21)22/h4-6,13-14,16,23H,3,7-12H2,1-2H3. The molecule has 0 radical (unpaired) electrons. The van der Waals surface area contributed by atoms with Crippen molar-refractivity contribution in [3.05, 3.63) is 29.8 Å². The molecule has 1 aliphatic heterocycles. The van der Waals surface area contributed by atoms with E-state index in [2.05, 4.69) is 18.6 Å². The summed E-state index contributed by atoms with van der Waals surface area (Å²) in [5.41, 5.74) is -1.00. The van der Waals surface area contributed by atoms with Crippen molar-refractivity contribution in [3.63, 3.8) is 0 Å². The lowest BCUT2D eigenvalue weighted by Gasteiger charge is -2.32. The summed E-state index contributed by atoms with van der Waals surface area (Å²) in [4.78, 5) is 13.6. The number of hydrogen-bond donors (Lipinski definition) is 1. The summed E-state index contributed by atoms with van der Waals surface area (Å²) in [6.45, 7) is 5.06. The zero-order chi connectivity index (χ0) is 20.9. The lowest BCUT2D eigenvalue weighted by molar-refractivity contribution is -0.137. The van der Waals surface area contributed by atoms with E-state index in [1.54, 1.807) is 4.90 Å². The van der Waals surface area contributed by atoms with Crippen LogP contribution in [0.2, 0.25) is 0 Å². The molecule has 1 aliphatic rings. The van der Waals surface area contributed by atoms with E-state index in [1.807, 2.05) is 0 Å². The van der Waals surface area contributed by atoms with E-state index < -0.39 is 32.7 Å². The van der Waals surface area contributed by atoms with Gasteiger partial charge in [0.25, 0.3) is 0 Å². The fourth-order valence-electron chi connectivity index (χ4n) is 3.11. The van der Waals surface area contributed by atoms with Gasteiger partial charge in [-0.05, 0) is 43.4 Å². The molecule has 1 atom stereocenters. The van der Waals surface area contributed by atoms with Gasteiger partial charge in [0, 0.05) is 25.6 Å². The van der Waals surface area contributed by atoms with Gasteiger partial charge in [-0.1, -0.05) is 26.3 Å². The van der Waals surface area contributed by atoms with Gasteiger partial charge in [-0.3, -0.25) is 4.79 Å². The third-order valence-electron chi connectivity index (χ3n) is 5.19. The van der Waals surface area contributed by atoms with Crippen molar-refractivity contribution in [1.82, 2.24) is 9.62 Å². The number of nitrogens with zero attached hydrogens (tertiary/aromatic N) is 1. The summed E-state index contributed by atoms with van der Waals surface area (Å²) in [5, 5.41) is 0. The molecule has 1 aromatic rings. The predicted molar refractivity (Wildman–Crippen MR) is 100 cm³/mol. The first-order valence-corrected chi connectivity index (χ1v) is 11.0. The van der Waals surface area contributed by atoms with Crippen LogP contribution in [-0.4, -0.2) is 38.4 Å². The van der Waals surface area contributed by atoms with Crippen molar-refractivity contribution in [2.45, 2.75) is 63.1 Å². The molecule has 0 saturated carbocycles. The van der Waals surface area contributed by atoms with E-state index in [-0.39, 0.29) is 5.91 Å². The number of hydrogen-bond acceptors (Lipinski definition) is 3. The molecule has 0 bridgehead atoms. The molecule has 9 heteroatoms. The number of carbonyl (C=O) groups excluding carboxylic acids is 1. The van der Waals surface area contributed by atoms with Crippen LogP contribution in [0.4, 0.5) is 13.2 Å². The van der Waals surface area contributed by atoms with Crippen LogP contribution in [0.5, 0.6) is 0 Å². The van der Waals surface area contributed by atoms with Crippen molar-refractivity contribution in [3.8, 4) is 0 Å². The van der Waals surface area contributed by atoms with Crippen molar-refractivity contribution >= 4 is 15.9 Å². The van der Waals surface area contributed by atoms with E-state index in [0.29, 0.717) is 44.3 Å². The number of piperidine rings is 1. The smallest absolute Gasteiger partial charge is 0.343 e. The largest absolute Gasteiger partial charge is 0.416 e. The highest BCUT2D eigenvalue weighted by Gasteiger charge is 2.32. The third-order valence-corrected chi connectivity index (χ3v) is 6.71. The fraction of sp³-hybridized carbons (Fsp3) is 0.632. The molecule has 158 valence electrons. The number of rotatable bonds is 7. The minimum atomic E-state index is -4.60. The third kappa shape index (κ3) is 6.20. The number of nitrogens with one attached hydrogen (secondary N) is 1.